The molecule has 0 spiro atoms. The maximum absolute atomic E-state index is 11.7. The van der Waals surface area contributed by atoms with Crippen LogP contribution < -0.4 is 15.0 Å². The van der Waals surface area contributed by atoms with Crippen LogP contribution in [0.1, 0.15) is 0 Å². The quantitative estimate of drug-likeness (QED) is 0.811. The summed E-state index contributed by atoms with van der Waals surface area (Å²) in [7, 11) is 1.54. The fraction of sp³-hybridized carbons (Fsp3) is 0.0833. The first-order chi connectivity index (χ1) is 8.19. The molecule has 86 valence electrons. The van der Waals surface area contributed by atoms with Gasteiger partial charge < -0.3 is 14.6 Å². The third-order valence-corrected chi connectivity index (χ3v) is 2.65. The molecule has 2 heterocycles. The molecule has 0 saturated carbocycles. The number of aliphatic hydroxyl groups is 1. The molecule has 0 bridgehead atoms. The fourth-order valence-corrected chi connectivity index (χ4v) is 1.91. The zero-order valence-electron chi connectivity index (χ0n) is 9.01. The molecule has 1 aliphatic heterocycles. The predicted octanol–water partition coefficient (Wildman–Crippen LogP) is 1.72. The maximum atomic E-state index is 11.7. The van der Waals surface area contributed by atoms with Crippen LogP contribution in [-0.4, -0.2) is 16.8 Å². The molecule has 2 aromatic rings. The smallest absolute Gasteiger partial charge is 0.299 e. The Bertz CT molecular complexity index is 699. The first-order valence-corrected chi connectivity index (χ1v) is 5.01. The number of benzene rings is 1. The van der Waals surface area contributed by atoms with Gasteiger partial charge in [-0.15, -0.1) is 0 Å². The van der Waals surface area contributed by atoms with E-state index < -0.39 is 0 Å². The molecule has 1 N–H and O–H groups in total. The van der Waals surface area contributed by atoms with E-state index in [-0.39, 0.29) is 11.5 Å². The Labute approximate surface area is 96.1 Å². The second-order valence-corrected chi connectivity index (χ2v) is 3.67. The first-order valence-electron chi connectivity index (χ1n) is 5.01. The topological polar surface area (TPSA) is 60.7 Å². The van der Waals surface area contributed by atoms with Crippen molar-refractivity contribution >= 4 is 17.1 Å². The van der Waals surface area contributed by atoms with E-state index in [1.807, 2.05) is 0 Å². The van der Waals surface area contributed by atoms with Gasteiger partial charge in [0.1, 0.15) is 5.75 Å². The fourth-order valence-electron chi connectivity index (χ4n) is 1.91. The minimum atomic E-state index is -0.319. The standard InChI is InChI=1S/C12H9NO4/c1-16-8-4-7-2-3-10(14)13-6-11(15)17-9(5-8)12(7)13/h2-6,15H,1H3. The van der Waals surface area contributed by atoms with E-state index in [1.54, 1.807) is 25.3 Å². The molecular weight excluding hydrogens is 222 g/mol. The summed E-state index contributed by atoms with van der Waals surface area (Å²) in [6.07, 6.45) is 1.25. The molecule has 0 radical (unpaired) electrons. The number of aromatic nitrogens is 1. The molecule has 0 atom stereocenters. The third-order valence-electron chi connectivity index (χ3n) is 2.65. The second kappa shape index (κ2) is 3.28. The van der Waals surface area contributed by atoms with Gasteiger partial charge in [-0.3, -0.25) is 9.36 Å². The molecule has 1 aliphatic rings. The number of aliphatic hydroxyl groups excluding tert-OH is 1. The highest BCUT2D eigenvalue weighted by Crippen LogP contribution is 2.33. The Balaban J connectivity index is 2.48. The van der Waals surface area contributed by atoms with Crippen molar-refractivity contribution in [3.8, 4) is 11.5 Å². The molecule has 0 fully saturated rings. The molecule has 17 heavy (non-hydrogen) atoms. The molecule has 0 saturated heterocycles. The molecule has 3 rings (SSSR count). The number of methoxy groups -OCH3 is 1. The van der Waals surface area contributed by atoms with E-state index in [4.69, 9.17) is 9.47 Å². The highest BCUT2D eigenvalue weighted by Gasteiger charge is 2.16. The number of nitrogens with zero attached hydrogens (tertiary/aromatic N) is 1. The largest absolute Gasteiger partial charge is 0.497 e. The van der Waals surface area contributed by atoms with Gasteiger partial charge in [-0.2, -0.15) is 0 Å². The van der Waals surface area contributed by atoms with Crippen molar-refractivity contribution < 1.29 is 14.6 Å². The van der Waals surface area contributed by atoms with Gasteiger partial charge in [-0.1, -0.05) is 0 Å². The van der Waals surface area contributed by atoms with Crippen molar-refractivity contribution in [1.29, 1.82) is 0 Å². The molecule has 1 aromatic heterocycles. The molecule has 1 aromatic carbocycles. The molecule has 0 amide bonds. The lowest BCUT2D eigenvalue weighted by Crippen LogP contribution is -2.19. The minimum Gasteiger partial charge on any atom is -0.497 e. The van der Waals surface area contributed by atoms with Crippen molar-refractivity contribution in [2.45, 2.75) is 0 Å². The number of pyridine rings is 1. The average Bonchev–Trinajstić information content (AvgIpc) is 2.32. The Morgan fingerprint density at radius 3 is 2.94 bits per heavy atom. The van der Waals surface area contributed by atoms with Crippen LogP contribution in [0.3, 0.4) is 0 Å². The van der Waals surface area contributed by atoms with E-state index in [0.29, 0.717) is 17.0 Å². The molecule has 0 unspecified atom stereocenters. The summed E-state index contributed by atoms with van der Waals surface area (Å²) in [5.74, 6) is 0.685. The SMILES string of the molecule is COc1cc2c3c(ccc(=O)n3C=C(O)O2)c1. The van der Waals surface area contributed by atoms with Gasteiger partial charge >= 0.3 is 0 Å². The van der Waals surface area contributed by atoms with E-state index in [2.05, 4.69) is 0 Å². The van der Waals surface area contributed by atoms with Crippen LogP contribution in [0.15, 0.2) is 35.0 Å². The van der Waals surface area contributed by atoms with Crippen LogP contribution >= 0.6 is 0 Å². The van der Waals surface area contributed by atoms with Gasteiger partial charge in [-0.25, -0.2) is 0 Å². The number of ether oxygens (including phenoxy) is 2. The van der Waals surface area contributed by atoms with Crippen LogP contribution in [0.2, 0.25) is 0 Å². The van der Waals surface area contributed by atoms with Gasteiger partial charge in [0.2, 0.25) is 0 Å². The number of rotatable bonds is 1. The van der Waals surface area contributed by atoms with Crippen LogP contribution in [0.5, 0.6) is 11.5 Å². The lowest BCUT2D eigenvalue weighted by Gasteiger charge is -2.17. The summed E-state index contributed by atoms with van der Waals surface area (Å²) in [5, 5.41) is 10.2. The lowest BCUT2D eigenvalue weighted by atomic mass is 10.2. The summed E-state index contributed by atoms with van der Waals surface area (Å²) in [4.78, 5) is 11.7. The van der Waals surface area contributed by atoms with E-state index >= 15 is 0 Å². The zero-order valence-corrected chi connectivity index (χ0v) is 9.01. The van der Waals surface area contributed by atoms with Crippen molar-refractivity contribution in [3.63, 3.8) is 0 Å². The van der Waals surface area contributed by atoms with E-state index in [9.17, 15) is 9.90 Å². The Morgan fingerprint density at radius 1 is 1.35 bits per heavy atom. The van der Waals surface area contributed by atoms with Crippen LogP contribution in [0.4, 0.5) is 0 Å². The van der Waals surface area contributed by atoms with Crippen molar-refractivity contribution in [3.05, 3.63) is 40.6 Å². The van der Waals surface area contributed by atoms with E-state index in [1.165, 1.54) is 16.8 Å². The highest BCUT2D eigenvalue weighted by atomic mass is 16.6. The summed E-state index contributed by atoms with van der Waals surface area (Å²) >= 11 is 0. The van der Waals surface area contributed by atoms with Crippen molar-refractivity contribution in [2.75, 3.05) is 7.11 Å². The zero-order chi connectivity index (χ0) is 12.0. The van der Waals surface area contributed by atoms with Crippen molar-refractivity contribution in [2.24, 2.45) is 0 Å². The molecule has 5 heteroatoms. The van der Waals surface area contributed by atoms with Gasteiger partial charge in [0.15, 0.2) is 5.75 Å². The lowest BCUT2D eigenvalue weighted by molar-refractivity contribution is 0.210. The van der Waals surface area contributed by atoms with Gasteiger partial charge in [-0.05, 0) is 12.1 Å². The first kappa shape index (κ1) is 9.77. The summed E-state index contributed by atoms with van der Waals surface area (Å²) in [6.45, 7) is 0. The van der Waals surface area contributed by atoms with Crippen LogP contribution in [0, 0.1) is 0 Å². The highest BCUT2D eigenvalue weighted by molar-refractivity contribution is 5.89. The number of hydrogen-bond donors (Lipinski definition) is 1. The predicted molar refractivity (Wildman–Crippen MR) is 62.3 cm³/mol. The summed E-state index contributed by atoms with van der Waals surface area (Å²) < 4.78 is 11.7. The molecule has 5 nitrogen and oxygen atoms in total. The third kappa shape index (κ3) is 1.36. The van der Waals surface area contributed by atoms with Gasteiger partial charge in [0, 0.05) is 17.5 Å². The van der Waals surface area contributed by atoms with Gasteiger partial charge in [0.25, 0.3) is 11.5 Å². The normalized spacial score (nSPS) is 13.1. The van der Waals surface area contributed by atoms with E-state index in [0.717, 1.165) is 5.39 Å². The molecule has 0 aliphatic carbocycles. The van der Waals surface area contributed by atoms with Gasteiger partial charge in [0.05, 0.1) is 18.8 Å². The Kier molecular flexibility index (Phi) is 1.89. The van der Waals surface area contributed by atoms with Crippen LogP contribution in [-0.2, 0) is 0 Å². The van der Waals surface area contributed by atoms with Crippen LogP contribution in [0.25, 0.3) is 17.1 Å². The average molecular weight is 231 g/mol. The Morgan fingerprint density at radius 2 is 2.18 bits per heavy atom. The van der Waals surface area contributed by atoms with Crippen molar-refractivity contribution in [1.82, 2.24) is 4.57 Å². The summed E-state index contributed by atoms with van der Waals surface area (Å²) in [6, 6.07) is 6.55. The minimum absolute atomic E-state index is 0.223. The molecular formula is C12H9NO4. The maximum Gasteiger partial charge on any atom is 0.299 e. The Hall–Kier alpha value is -2.43. The summed E-state index contributed by atoms with van der Waals surface area (Å²) in [5.41, 5.74) is 0.398. The number of hydrogen-bond acceptors (Lipinski definition) is 4. The second-order valence-electron chi connectivity index (χ2n) is 3.67. The monoisotopic (exact) mass is 231 g/mol.